The topological polar surface area (TPSA) is 50.9 Å². The molecule has 3 rings (SSSR count). The zero-order valence-corrected chi connectivity index (χ0v) is 19.0. The highest BCUT2D eigenvalue weighted by atomic mass is 79.9. The molecular weight excluding hydrogens is 458 g/mol. The Balaban J connectivity index is 2.32. The fourth-order valence-corrected chi connectivity index (χ4v) is 4.11. The largest absolute Gasteiger partial charge is 0.505 e. The van der Waals surface area contributed by atoms with Crippen LogP contribution in [-0.4, -0.2) is 20.1 Å². The maximum Gasteiger partial charge on any atom is 0.146 e. The Kier molecular flexibility index (Phi) is 4.72. The molecule has 138 valence electrons. The molecule has 0 aliphatic rings. The van der Waals surface area contributed by atoms with Gasteiger partial charge in [-0.05, 0) is 50.5 Å². The van der Waals surface area contributed by atoms with E-state index in [4.69, 9.17) is 0 Å². The first-order chi connectivity index (χ1) is 11.9. The summed E-state index contributed by atoms with van der Waals surface area (Å²) in [6.45, 7) is 12.8. The molecule has 0 aliphatic carbocycles. The molecule has 0 saturated heterocycles. The minimum Gasteiger partial charge on any atom is -0.505 e. The Bertz CT molecular complexity index is 995. The normalized spacial score (nSPS) is 12.8. The molecule has 26 heavy (non-hydrogen) atoms. The Morgan fingerprint density at radius 2 is 1.54 bits per heavy atom. The van der Waals surface area contributed by atoms with Crippen LogP contribution >= 0.6 is 31.9 Å². The Morgan fingerprint density at radius 3 is 2.12 bits per heavy atom. The molecule has 0 amide bonds. The summed E-state index contributed by atoms with van der Waals surface area (Å²) >= 11 is 7.02. The molecular formula is C20H23Br2N3O. The number of phenols is 1. The molecule has 6 heteroatoms. The van der Waals surface area contributed by atoms with Gasteiger partial charge >= 0.3 is 0 Å². The second kappa shape index (κ2) is 6.34. The molecule has 0 fully saturated rings. The lowest BCUT2D eigenvalue weighted by atomic mass is 9.80. The fourth-order valence-electron chi connectivity index (χ4n) is 2.83. The van der Waals surface area contributed by atoms with E-state index in [0.717, 1.165) is 31.1 Å². The summed E-state index contributed by atoms with van der Waals surface area (Å²) in [5.74, 6) is 0.223. The van der Waals surface area contributed by atoms with Gasteiger partial charge in [-0.15, -0.1) is 15.0 Å². The lowest BCUT2D eigenvalue weighted by Crippen LogP contribution is -2.18. The van der Waals surface area contributed by atoms with Gasteiger partial charge in [0.05, 0.1) is 0 Å². The summed E-state index contributed by atoms with van der Waals surface area (Å²) in [7, 11) is 0. The van der Waals surface area contributed by atoms with Crippen LogP contribution in [0.4, 0.5) is 0 Å². The van der Waals surface area contributed by atoms with Gasteiger partial charge in [-0.3, -0.25) is 0 Å². The minimum absolute atomic E-state index is 0.0569. The number of halogens is 2. The van der Waals surface area contributed by atoms with Crippen molar-refractivity contribution < 1.29 is 5.11 Å². The first kappa shape index (κ1) is 19.4. The molecule has 0 saturated carbocycles. The average Bonchev–Trinajstić information content (AvgIpc) is 2.88. The van der Waals surface area contributed by atoms with Crippen LogP contribution in [-0.2, 0) is 10.8 Å². The molecule has 0 spiro atoms. The molecule has 0 atom stereocenters. The van der Waals surface area contributed by atoms with E-state index in [-0.39, 0.29) is 16.6 Å². The van der Waals surface area contributed by atoms with Crippen molar-refractivity contribution in [2.75, 3.05) is 0 Å². The fraction of sp³-hybridized carbons (Fsp3) is 0.400. The Morgan fingerprint density at radius 1 is 0.885 bits per heavy atom. The van der Waals surface area contributed by atoms with Crippen LogP contribution in [0.1, 0.15) is 52.7 Å². The molecule has 0 unspecified atom stereocenters. The van der Waals surface area contributed by atoms with Crippen LogP contribution in [0.2, 0.25) is 0 Å². The van der Waals surface area contributed by atoms with E-state index in [1.807, 2.05) is 18.2 Å². The number of phenolic OH excluding ortho intramolecular Hbond substituents is 1. The quantitative estimate of drug-likeness (QED) is 0.448. The molecule has 1 aromatic heterocycles. The van der Waals surface area contributed by atoms with E-state index < -0.39 is 0 Å². The van der Waals surface area contributed by atoms with Crippen LogP contribution < -0.4 is 0 Å². The highest BCUT2D eigenvalue weighted by Gasteiger charge is 2.26. The van der Waals surface area contributed by atoms with Gasteiger partial charge in [0.2, 0.25) is 0 Å². The molecule has 0 radical (unpaired) electrons. The van der Waals surface area contributed by atoms with E-state index in [0.29, 0.717) is 5.69 Å². The molecule has 0 aliphatic heterocycles. The van der Waals surface area contributed by atoms with Crippen LogP contribution in [0.3, 0.4) is 0 Å². The van der Waals surface area contributed by atoms with Gasteiger partial charge in [0.25, 0.3) is 0 Å². The van der Waals surface area contributed by atoms with Crippen molar-refractivity contribution in [3.63, 3.8) is 0 Å². The number of hydrogen-bond donors (Lipinski definition) is 1. The highest BCUT2D eigenvalue weighted by Crippen LogP contribution is 2.39. The molecule has 2 aromatic carbocycles. The van der Waals surface area contributed by atoms with E-state index >= 15 is 0 Å². The van der Waals surface area contributed by atoms with Crippen LogP contribution in [0.15, 0.2) is 33.2 Å². The number of nitrogens with zero attached hydrogens (tertiary/aromatic N) is 3. The first-order valence-corrected chi connectivity index (χ1v) is 10.1. The summed E-state index contributed by atoms with van der Waals surface area (Å²) in [5, 5.41) is 20.2. The zero-order chi connectivity index (χ0) is 19.4. The van der Waals surface area contributed by atoms with Gasteiger partial charge in [-0.1, -0.05) is 63.5 Å². The van der Waals surface area contributed by atoms with Gasteiger partial charge < -0.3 is 5.11 Å². The van der Waals surface area contributed by atoms with Gasteiger partial charge in [0.15, 0.2) is 0 Å². The number of benzene rings is 2. The van der Waals surface area contributed by atoms with E-state index in [1.165, 1.54) is 4.80 Å². The Labute approximate surface area is 170 Å². The summed E-state index contributed by atoms with van der Waals surface area (Å²) in [5.41, 5.74) is 3.88. The van der Waals surface area contributed by atoms with Crippen LogP contribution in [0.25, 0.3) is 16.7 Å². The molecule has 1 heterocycles. The number of fused-ring (bicyclic) bond motifs is 1. The summed E-state index contributed by atoms with van der Waals surface area (Å²) in [4.78, 5) is 1.53. The third-order valence-electron chi connectivity index (χ3n) is 4.38. The van der Waals surface area contributed by atoms with Gasteiger partial charge in [0.1, 0.15) is 22.5 Å². The summed E-state index contributed by atoms with van der Waals surface area (Å²) < 4.78 is 1.78. The van der Waals surface area contributed by atoms with Crippen molar-refractivity contribution in [1.29, 1.82) is 0 Å². The lowest BCUT2D eigenvalue weighted by Gasteiger charge is -2.27. The van der Waals surface area contributed by atoms with Crippen molar-refractivity contribution in [3.05, 3.63) is 44.3 Å². The van der Waals surface area contributed by atoms with Crippen LogP contribution in [0, 0.1) is 0 Å². The van der Waals surface area contributed by atoms with Crippen molar-refractivity contribution in [2.45, 2.75) is 52.4 Å². The SMILES string of the molecule is CC(C)(C)c1cc(-n2nc3cc(Br)cc(Br)c3n2)c(O)c(C(C)(C)C)c1. The second-order valence-corrected chi connectivity index (χ2v) is 10.4. The number of hydrogen-bond acceptors (Lipinski definition) is 3. The predicted molar refractivity (Wildman–Crippen MR) is 113 cm³/mol. The third kappa shape index (κ3) is 3.54. The number of aromatic nitrogens is 3. The minimum atomic E-state index is -0.198. The zero-order valence-electron chi connectivity index (χ0n) is 15.9. The lowest BCUT2D eigenvalue weighted by molar-refractivity contribution is 0.438. The van der Waals surface area contributed by atoms with Gasteiger partial charge in [-0.25, -0.2) is 0 Å². The highest BCUT2D eigenvalue weighted by molar-refractivity contribution is 9.11. The second-order valence-electron chi connectivity index (χ2n) is 8.64. The standard InChI is InChI=1S/C20H23Br2N3O/c1-19(2,3)11-7-13(20(4,5)6)18(26)16(8-11)25-23-15-10-12(21)9-14(22)17(15)24-25/h7-10,26H,1-6H3. The van der Waals surface area contributed by atoms with Crippen LogP contribution in [0.5, 0.6) is 5.75 Å². The molecule has 0 bridgehead atoms. The maximum absolute atomic E-state index is 11.0. The molecule has 3 aromatic rings. The van der Waals surface area contributed by atoms with Crippen molar-refractivity contribution in [1.82, 2.24) is 15.0 Å². The van der Waals surface area contributed by atoms with Gasteiger partial charge in [-0.2, -0.15) is 0 Å². The number of rotatable bonds is 1. The molecule has 4 nitrogen and oxygen atoms in total. The van der Waals surface area contributed by atoms with E-state index in [9.17, 15) is 5.11 Å². The monoisotopic (exact) mass is 479 g/mol. The van der Waals surface area contributed by atoms with E-state index in [1.54, 1.807) is 0 Å². The smallest absolute Gasteiger partial charge is 0.146 e. The maximum atomic E-state index is 11.0. The molecule has 1 N–H and O–H groups in total. The van der Waals surface area contributed by atoms with Crippen molar-refractivity contribution >= 4 is 42.9 Å². The average molecular weight is 481 g/mol. The first-order valence-electron chi connectivity index (χ1n) is 8.48. The van der Waals surface area contributed by atoms with Gasteiger partial charge in [0, 0.05) is 14.5 Å². The summed E-state index contributed by atoms with van der Waals surface area (Å²) in [6.07, 6.45) is 0. The van der Waals surface area contributed by atoms with Crippen molar-refractivity contribution in [3.8, 4) is 11.4 Å². The third-order valence-corrected chi connectivity index (χ3v) is 5.45. The Hall–Kier alpha value is -1.40. The number of aromatic hydroxyl groups is 1. The predicted octanol–water partition coefficient (Wildman–Crippen LogP) is 6.25. The van der Waals surface area contributed by atoms with E-state index in [2.05, 4.69) is 89.7 Å². The van der Waals surface area contributed by atoms with Crippen molar-refractivity contribution in [2.24, 2.45) is 0 Å². The summed E-state index contributed by atoms with van der Waals surface area (Å²) in [6, 6.07) is 7.92.